The topological polar surface area (TPSA) is 0 Å². The second-order valence-corrected chi connectivity index (χ2v) is 17.4. The lowest BCUT2D eigenvalue weighted by atomic mass is 9.91. The molecule has 0 spiro atoms. The molecule has 0 aliphatic heterocycles. The molecule has 25 heteroatoms. The van der Waals surface area contributed by atoms with Crippen molar-refractivity contribution in [2.24, 2.45) is 0 Å². The lowest BCUT2D eigenvalue weighted by Gasteiger charge is -2.19. The maximum Gasteiger partial charge on any atom is 0.176 e. The van der Waals surface area contributed by atoms with Gasteiger partial charge in [-0.2, -0.15) is 0 Å². The normalized spacial score (nSPS) is 12.2. The zero-order chi connectivity index (χ0) is 56.0. The minimum absolute atomic E-state index is 0.162. The molecule has 7 aromatic rings. The summed E-state index contributed by atoms with van der Waals surface area (Å²) in [7, 11) is 0. The lowest BCUT2D eigenvalue weighted by molar-refractivity contribution is 0.420. The smallest absolute Gasteiger partial charge is 0.176 e. The van der Waals surface area contributed by atoms with Gasteiger partial charge in [0.2, 0.25) is 0 Å². The summed E-state index contributed by atoms with van der Waals surface area (Å²) in [5.74, 6) is -63.7. The summed E-state index contributed by atoms with van der Waals surface area (Å²) >= 11 is -0.689. The highest BCUT2D eigenvalue weighted by Gasteiger charge is 2.39. The number of hydrogen-bond acceptors (Lipinski definition) is 1. The van der Waals surface area contributed by atoms with E-state index in [1.807, 2.05) is 0 Å². The molecule has 0 heterocycles. The van der Waals surface area contributed by atoms with Crippen molar-refractivity contribution < 1.29 is 105 Å². The molecular formula is C50H22F24S. The highest BCUT2D eigenvalue weighted by molar-refractivity contribution is 7.99. The van der Waals surface area contributed by atoms with Gasteiger partial charge in [0.15, 0.2) is 140 Å². The van der Waals surface area contributed by atoms with Gasteiger partial charge in [0.05, 0.1) is 43.8 Å². The molecular weight excluding hydrogens is 1090 g/mol. The van der Waals surface area contributed by atoms with E-state index in [4.69, 9.17) is 0 Å². The van der Waals surface area contributed by atoms with E-state index in [1.165, 1.54) is 6.92 Å². The molecule has 0 fully saturated rings. The van der Waals surface area contributed by atoms with Crippen LogP contribution in [0.25, 0.3) is 44.5 Å². The third kappa shape index (κ3) is 8.70. The van der Waals surface area contributed by atoms with Crippen LogP contribution in [0.1, 0.15) is 60.9 Å². The van der Waals surface area contributed by atoms with Crippen molar-refractivity contribution in [3.8, 4) is 44.5 Å². The third-order valence-electron chi connectivity index (χ3n) is 12.0. The summed E-state index contributed by atoms with van der Waals surface area (Å²) in [6.45, 7) is 3.77. The van der Waals surface area contributed by atoms with Crippen LogP contribution in [-0.2, 0) is 12.8 Å². The van der Waals surface area contributed by atoms with Crippen LogP contribution in [0.15, 0.2) is 28.0 Å². The zero-order valence-corrected chi connectivity index (χ0v) is 38.2. The molecule has 396 valence electrons. The molecule has 0 aliphatic rings. The van der Waals surface area contributed by atoms with E-state index >= 15 is 79.0 Å². The maximum absolute atomic E-state index is 16.2. The van der Waals surface area contributed by atoms with E-state index in [0.717, 1.165) is 13.8 Å². The molecule has 0 saturated carbocycles. The summed E-state index contributed by atoms with van der Waals surface area (Å²) in [6.07, 6.45) is -2.77. The van der Waals surface area contributed by atoms with E-state index in [2.05, 4.69) is 0 Å². The first-order chi connectivity index (χ1) is 35.0. The molecule has 1 unspecified atom stereocenters. The van der Waals surface area contributed by atoms with Gasteiger partial charge in [-0.05, 0) is 48.9 Å². The van der Waals surface area contributed by atoms with Crippen molar-refractivity contribution in [2.45, 2.75) is 62.7 Å². The van der Waals surface area contributed by atoms with Crippen LogP contribution in [0.2, 0.25) is 0 Å². The van der Waals surface area contributed by atoms with E-state index in [1.54, 1.807) is 0 Å². The molecule has 0 amide bonds. The summed E-state index contributed by atoms with van der Waals surface area (Å²) in [5, 5.41) is 0. The minimum Gasteiger partial charge on any atom is -0.203 e. The van der Waals surface area contributed by atoms with Crippen LogP contribution < -0.4 is 0 Å². The molecule has 0 aromatic heterocycles. The van der Waals surface area contributed by atoms with E-state index in [9.17, 15) is 26.3 Å². The molecule has 0 aliphatic carbocycles. The van der Waals surface area contributed by atoms with E-state index in [0.29, 0.717) is 13.0 Å². The van der Waals surface area contributed by atoms with Gasteiger partial charge >= 0.3 is 0 Å². The van der Waals surface area contributed by atoms with Crippen LogP contribution in [0.4, 0.5) is 105 Å². The van der Waals surface area contributed by atoms with Gasteiger partial charge in [-0.15, -0.1) is 0 Å². The molecule has 0 bridgehead atoms. The van der Waals surface area contributed by atoms with Crippen LogP contribution in [0, 0.1) is 147 Å². The number of halogens is 24. The monoisotopic (exact) mass is 1110 g/mol. The number of benzene rings is 7. The van der Waals surface area contributed by atoms with Crippen molar-refractivity contribution in [3.63, 3.8) is 0 Å². The van der Waals surface area contributed by atoms with Gasteiger partial charge in [-0.3, -0.25) is 0 Å². The van der Waals surface area contributed by atoms with Crippen molar-refractivity contribution in [2.75, 3.05) is 0 Å². The maximum atomic E-state index is 16.2. The second-order valence-electron chi connectivity index (χ2n) is 16.3. The standard InChI is InChI=1S/C50H22F24S/c1-5-11(3)18-32(57)42(67)23(43(68)33(18)58)24-44(69)34(59)19(35(60)45(24)70)14-7-13(9-17-30(55)40(65)21(41(66)31(17)56)20-36(61)26(51)12(4)27(52)37(20)62)8-15(10-14)75-50-48(73)46(71)25(47(72)49(50)74)22-38(63)28(53)16(6-2)29(54)39(22)64/h7-8,10-11H,5-6,9H2,1-4H3. The Kier molecular flexibility index (Phi) is 15.2. The van der Waals surface area contributed by atoms with Crippen LogP contribution in [0.3, 0.4) is 0 Å². The Labute approximate surface area is 409 Å². The summed E-state index contributed by atoms with van der Waals surface area (Å²) in [4.78, 5) is -3.21. The largest absolute Gasteiger partial charge is 0.203 e. The second kappa shape index (κ2) is 20.4. The Morgan fingerprint density at radius 3 is 1.01 bits per heavy atom. The van der Waals surface area contributed by atoms with Crippen molar-refractivity contribution in [3.05, 3.63) is 186 Å². The van der Waals surface area contributed by atoms with Crippen molar-refractivity contribution >= 4 is 11.8 Å². The van der Waals surface area contributed by atoms with Crippen LogP contribution in [0.5, 0.6) is 0 Å². The zero-order valence-electron chi connectivity index (χ0n) is 37.4. The van der Waals surface area contributed by atoms with Gasteiger partial charge in [0.25, 0.3) is 0 Å². The minimum atomic E-state index is -2.87. The molecule has 0 nitrogen and oxygen atoms in total. The number of hydrogen-bond donors (Lipinski definition) is 0. The first kappa shape index (κ1) is 55.9. The molecule has 0 N–H and O–H groups in total. The quantitative estimate of drug-likeness (QED) is 0.0919. The van der Waals surface area contributed by atoms with Crippen LogP contribution in [-0.4, -0.2) is 0 Å². The third-order valence-corrected chi connectivity index (χ3v) is 13.1. The van der Waals surface area contributed by atoms with Gasteiger partial charge in [0, 0.05) is 33.6 Å². The molecule has 0 saturated heterocycles. The fourth-order valence-corrected chi connectivity index (χ4v) is 9.03. The van der Waals surface area contributed by atoms with E-state index < -0.39 is 252 Å². The average molecular weight is 1110 g/mol. The Balaban J connectivity index is 1.48. The lowest BCUT2D eigenvalue weighted by Crippen LogP contribution is -2.12. The van der Waals surface area contributed by atoms with Crippen LogP contribution >= 0.6 is 11.8 Å². The van der Waals surface area contributed by atoms with Gasteiger partial charge < -0.3 is 0 Å². The highest BCUT2D eigenvalue weighted by Crippen LogP contribution is 2.47. The predicted molar refractivity (Wildman–Crippen MR) is 220 cm³/mol. The van der Waals surface area contributed by atoms with Gasteiger partial charge in [0.1, 0.15) is 0 Å². The number of rotatable bonds is 11. The van der Waals surface area contributed by atoms with Gasteiger partial charge in [-0.1, -0.05) is 38.6 Å². The summed E-state index contributed by atoms with van der Waals surface area (Å²) in [5.41, 5.74) is -25.0. The molecule has 75 heavy (non-hydrogen) atoms. The van der Waals surface area contributed by atoms with Crippen molar-refractivity contribution in [1.82, 2.24) is 0 Å². The summed E-state index contributed by atoms with van der Waals surface area (Å²) in [6, 6.07) is 0.668. The Hall–Kier alpha value is -6.79. The van der Waals surface area contributed by atoms with Crippen molar-refractivity contribution in [1.29, 1.82) is 0 Å². The molecule has 1 atom stereocenters. The fraction of sp³-hybridized carbons (Fsp3) is 0.160. The molecule has 7 rings (SSSR count). The van der Waals surface area contributed by atoms with E-state index in [-0.39, 0.29) is 18.6 Å². The predicted octanol–water partition coefficient (Wildman–Crippen LogP) is 17.8. The first-order valence-corrected chi connectivity index (χ1v) is 21.7. The highest BCUT2D eigenvalue weighted by atomic mass is 32.2. The first-order valence-electron chi connectivity index (χ1n) is 20.9. The Bertz CT molecular complexity index is 3430. The molecule has 0 radical (unpaired) electrons. The molecule has 7 aromatic carbocycles. The Morgan fingerprint density at radius 1 is 0.347 bits per heavy atom. The average Bonchev–Trinajstić information content (AvgIpc) is 3.37. The van der Waals surface area contributed by atoms with Gasteiger partial charge in [-0.25, -0.2) is 105 Å². The summed E-state index contributed by atoms with van der Waals surface area (Å²) < 4.78 is 370. The Morgan fingerprint density at radius 2 is 0.653 bits per heavy atom. The SMILES string of the molecule is CCc1c(F)c(F)c(-c2c(F)c(F)c(Sc3cc(Cc4c(F)c(F)c(-c5c(F)c(F)c(C)c(F)c5F)c(F)c4F)cc(-c4c(F)c(F)c(-c5c(F)c(F)c(C(C)CC)c(F)c5F)c(F)c4F)c3)c(F)c2F)c(F)c1F. The fourth-order valence-electron chi connectivity index (χ4n) is 8.04.